The molecule has 1 N–H and O–H groups in total. The minimum atomic E-state index is -0.0454. The molecular weight excluding hydrogens is 364 g/mol. The molecular formula is C22H30N6O. The summed E-state index contributed by atoms with van der Waals surface area (Å²) in [5, 5.41) is 13.0. The predicted octanol–water partition coefficient (Wildman–Crippen LogP) is 3.91. The number of hydrogen-bond donors (Lipinski definition) is 1. The van der Waals surface area contributed by atoms with Crippen LogP contribution in [-0.4, -0.2) is 37.0 Å². The van der Waals surface area contributed by atoms with E-state index in [-0.39, 0.29) is 11.9 Å². The number of carbonyl (C=O) groups is 1. The molecule has 29 heavy (non-hydrogen) atoms. The topological polar surface area (TPSA) is 77.6 Å². The Balaban J connectivity index is 1.50. The number of hydrogen-bond acceptors (Lipinski definition) is 4. The molecule has 0 unspecified atom stereocenters. The van der Waals surface area contributed by atoms with Crippen LogP contribution in [0.25, 0.3) is 11.0 Å². The standard InChI is InChI=1S/C22H30N6O/c1-5-10-27-21-19(13-24-27)18(12-20(25-21)17-6-7-17)22(29)23-9-8-15(3)28-16(4)11-14(2)26-28/h11-13,15,17H,5-10H2,1-4H3,(H,23,29)/t15-/m1/s1. The van der Waals surface area contributed by atoms with Crippen molar-refractivity contribution in [1.29, 1.82) is 0 Å². The van der Waals surface area contributed by atoms with Gasteiger partial charge in [0.15, 0.2) is 5.65 Å². The van der Waals surface area contributed by atoms with Crippen molar-refractivity contribution in [1.82, 2.24) is 29.9 Å². The first-order valence-electron chi connectivity index (χ1n) is 10.6. The van der Waals surface area contributed by atoms with Crippen LogP contribution in [0.2, 0.25) is 0 Å². The fourth-order valence-corrected chi connectivity index (χ4v) is 3.92. The summed E-state index contributed by atoms with van der Waals surface area (Å²) in [5.74, 6) is 0.442. The molecule has 4 rings (SSSR count). The van der Waals surface area contributed by atoms with Gasteiger partial charge in [-0.2, -0.15) is 10.2 Å². The lowest BCUT2D eigenvalue weighted by atomic mass is 10.1. The van der Waals surface area contributed by atoms with Crippen molar-refractivity contribution >= 4 is 16.9 Å². The fraction of sp³-hybridized carbons (Fsp3) is 0.545. The Morgan fingerprint density at radius 3 is 2.76 bits per heavy atom. The van der Waals surface area contributed by atoms with Crippen LogP contribution in [0, 0.1) is 13.8 Å². The molecule has 0 saturated heterocycles. The van der Waals surface area contributed by atoms with E-state index >= 15 is 0 Å². The number of fused-ring (bicyclic) bond motifs is 1. The molecule has 7 nitrogen and oxygen atoms in total. The Bertz CT molecular complexity index is 1030. The summed E-state index contributed by atoms with van der Waals surface area (Å²) in [5.41, 5.74) is 4.72. The summed E-state index contributed by atoms with van der Waals surface area (Å²) in [6, 6.07) is 4.28. The Morgan fingerprint density at radius 1 is 1.31 bits per heavy atom. The summed E-state index contributed by atoms with van der Waals surface area (Å²) in [7, 11) is 0. The first-order valence-corrected chi connectivity index (χ1v) is 10.6. The van der Waals surface area contributed by atoms with Crippen LogP contribution in [-0.2, 0) is 6.54 Å². The van der Waals surface area contributed by atoms with Crippen molar-refractivity contribution < 1.29 is 4.79 Å². The number of rotatable bonds is 8. The van der Waals surface area contributed by atoms with Gasteiger partial charge in [-0.25, -0.2) is 9.67 Å². The third-order valence-corrected chi connectivity index (χ3v) is 5.61. The van der Waals surface area contributed by atoms with Crippen LogP contribution >= 0.6 is 0 Å². The Hall–Kier alpha value is -2.70. The second-order valence-electron chi connectivity index (χ2n) is 8.24. The van der Waals surface area contributed by atoms with E-state index in [2.05, 4.69) is 42.4 Å². The SMILES string of the molecule is CCCn1ncc2c(C(=O)NCC[C@@H](C)n3nc(C)cc3C)cc(C3CC3)nc21. The molecule has 1 amide bonds. The third-order valence-electron chi connectivity index (χ3n) is 5.61. The summed E-state index contributed by atoms with van der Waals surface area (Å²) in [6.07, 6.45) is 5.90. The van der Waals surface area contributed by atoms with Crippen molar-refractivity contribution in [2.24, 2.45) is 0 Å². The largest absolute Gasteiger partial charge is 0.352 e. The van der Waals surface area contributed by atoms with Crippen LogP contribution in [0.1, 0.15) is 78.9 Å². The van der Waals surface area contributed by atoms with Gasteiger partial charge in [0, 0.05) is 30.4 Å². The molecule has 1 saturated carbocycles. The maximum absolute atomic E-state index is 13.0. The van der Waals surface area contributed by atoms with Crippen molar-refractivity contribution in [2.45, 2.75) is 71.9 Å². The second-order valence-corrected chi connectivity index (χ2v) is 8.24. The summed E-state index contributed by atoms with van der Waals surface area (Å²) < 4.78 is 3.95. The molecule has 0 radical (unpaired) electrons. The second kappa shape index (κ2) is 7.97. The van der Waals surface area contributed by atoms with E-state index in [0.717, 1.165) is 60.3 Å². The van der Waals surface area contributed by atoms with E-state index < -0.39 is 0 Å². The van der Waals surface area contributed by atoms with Crippen molar-refractivity contribution in [2.75, 3.05) is 6.54 Å². The predicted molar refractivity (Wildman–Crippen MR) is 113 cm³/mol. The van der Waals surface area contributed by atoms with E-state index in [1.165, 1.54) is 0 Å². The van der Waals surface area contributed by atoms with E-state index in [4.69, 9.17) is 4.98 Å². The molecule has 154 valence electrons. The van der Waals surface area contributed by atoms with Gasteiger partial charge in [0.2, 0.25) is 0 Å². The van der Waals surface area contributed by atoms with E-state index in [0.29, 0.717) is 18.0 Å². The summed E-state index contributed by atoms with van der Waals surface area (Å²) >= 11 is 0. The molecule has 1 atom stereocenters. The number of nitrogens with one attached hydrogen (secondary N) is 1. The Kier molecular flexibility index (Phi) is 5.39. The van der Waals surface area contributed by atoms with Crippen LogP contribution in [0.15, 0.2) is 18.3 Å². The van der Waals surface area contributed by atoms with Gasteiger partial charge in [-0.1, -0.05) is 6.92 Å². The average Bonchev–Trinajstić information content (AvgIpc) is 3.38. The molecule has 0 aromatic carbocycles. The van der Waals surface area contributed by atoms with Crippen LogP contribution in [0.4, 0.5) is 0 Å². The maximum Gasteiger partial charge on any atom is 0.252 e. The van der Waals surface area contributed by atoms with Crippen molar-refractivity contribution in [3.63, 3.8) is 0 Å². The Morgan fingerprint density at radius 2 is 2.10 bits per heavy atom. The van der Waals surface area contributed by atoms with Crippen molar-refractivity contribution in [3.05, 3.63) is 41.0 Å². The molecule has 3 aromatic heterocycles. The normalized spacial score (nSPS) is 15.0. The molecule has 1 fully saturated rings. The highest BCUT2D eigenvalue weighted by Crippen LogP contribution is 2.40. The lowest BCUT2D eigenvalue weighted by Gasteiger charge is -2.15. The zero-order chi connectivity index (χ0) is 20.5. The molecule has 3 heterocycles. The van der Waals surface area contributed by atoms with Crippen LogP contribution in [0.3, 0.4) is 0 Å². The zero-order valence-corrected chi connectivity index (χ0v) is 17.8. The number of aromatic nitrogens is 5. The molecule has 7 heteroatoms. The molecule has 3 aromatic rings. The lowest BCUT2D eigenvalue weighted by molar-refractivity contribution is 0.0953. The van der Waals surface area contributed by atoms with Gasteiger partial charge in [-0.3, -0.25) is 9.48 Å². The maximum atomic E-state index is 13.0. The van der Waals surface area contributed by atoms with Crippen LogP contribution in [0.5, 0.6) is 0 Å². The first kappa shape index (κ1) is 19.6. The van der Waals surface area contributed by atoms with Crippen LogP contribution < -0.4 is 5.32 Å². The summed E-state index contributed by atoms with van der Waals surface area (Å²) in [4.78, 5) is 17.8. The zero-order valence-electron chi connectivity index (χ0n) is 17.8. The van der Waals surface area contributed by atoms with Gasteiger partial charge in [0.05, 0.1) is 28.9 Å². The quantitative estimate of drug-likeness (QED) is 0.628. The monoisotopic (exact) mass is 394 g/mol. The van der Waals surface area contributed by atoms with Gasteiger partial charge < -0.3 is 5.32 Å². The minimum absolute atomic E-state index is 0.0454. The number of nitrogens with zero attached hydrogens (tertiary/aromatic N) is 5. The molecule has 0 spiro atoms. The highest BCUT2D eigenvalue weighted by Gasteiger charge is 2.28. The number of carbonyl (C=O) groups excluding carboxylic acids is 1. The number of aryl methyl sites for hydroxylation is 3. The average molecular weight is 395 g/mol. The molecule has 1 aliphatic carbocycles. The van der Waals surface area contributed by atoms with E-state index in [1.54, 1.807) is 6.20 Å². The molecule has 1 aliphatic rings. The van der Waals surface area contributed by atoms with Gasteiger partial charge in [0.25, 0.3) is 5.91 Å². The minimum Gasteiger partial charge on any atom is -0.352 e. The van der Waals surface area contributed by atoms with E-state index in [9.17, 15) is 4.79 Å². The van der Waals surface area contributed by atoms with E-state index in [1.807, 2.05) is 22.4 Å². The fourth-order valence-electron chi connectivity index (χ4n) is 3.92. The highest BCUT2D eigenvalue weighted by atomic mass is 16.1. The molecule has 0 bridgehead atoms. The Labute approximate surface area is 171 Å². The van der Waals surface area contributed by atoms with Gasteiger partial charge in [-0.15, -0.1) is 0 Å². The highest BCUT2D eigenvalue weighted by molar-refractivity contribution is 6.05. The third kappa shape index (κ3) is 4.04. The number of amides is 1. The van der Waals surface area contributed by atoms with Crippen molar-refractivity contribution in [3.8, 4) is 0 Å². The lowest BCUT2D eigenvalue weighted by Crippen LogP contribution is -2.27. The smallest absolute Gasteiger partial charge is 0.252 e. The number of pyridine rings is 1. The van der Waals surface area contributed by atoms with Gasteiger partial charge in [-0.05, 0) is 58.6 Å². The first-order chi connectivity index (χ1) is 14.0. The van der Waals surface area contributed by atoms with Gasteiger partial charge >= 0.3 is 0 Å². The summed E-state index contributed by atoms with van der Waals surface area (Å²) in [6.45, 7) is 9.74. The van der Waals surface area contributed by atoms with Gasteiger partial charge in [0.1, 0.15) is 0 Å². The molecule has 0 aliphatic heterocycles.